The second kappa shape index (κ2) is 1.34. The molecule has 0 saturated heterocycles. The van der Waals surface area contributed by atoms with Crippen molar-refractivity contribution in [3.8, 4) is 0 Å². The summed E-state index contributed by atoms with van der Waals surface area (Å²) in [6.07, 6.45) is 3.05. The van der Waals surface area contributed by atoms with Crippen LogP contribution in [0, 0.1) is 23.7 Å². The first-order valence-corrected chi connectivity index (χ1v) is 4.51. The van der Waals surface area contributed by atoms with Gasteiger partial charge in [-0.25, -0.2) is 0 Å². The minimum absolute atomic E-state index is 1.04. The van der Waals surface area contributed by atoms with Crippen LogP contribution < -0.4 is 0 Å². The number of fused-ring (bicyclic) bond motifs is 1. The molecule has 10 heavy (non-hydrogen) atoms. The summed E-state index contributed by atoms with van der Waals surface area (Å²) >= 11 is 0. The molecule has 2 saturated carbocycles. The Morgan fingerprint density at radius 1 is 1.40 bits per heavy atom. The fraction of sp³-hybridized carbons (Fsp3) is 0.800. The molecule has 3 unspecified atom stereocenters. The predicted molar refractivity (Wildman–Crippen MR) is 41.6 cm³/mol. The lowest BCUT2D eigenvalue weighted by Gasteiger charge is -2.10. The van der Waals surface area contributed by atoms with Crippen LogP contribution in [0.4, 0.5) is 0 Å². The molecule has 54 valence electrons. The number of rotatable bonds is 2. The monoisotopic (exact) mass is 134 g/mol. The Bertz CT molecular complexity index is 220. The van der Waals surface area contributed by atoms with Gasteiger partial charge in [0.1, 0.15) is 0 Å². The highest BCUT2D eigenvalue weighted by molar-refractivity contribution is 5.59. The van der Waals surface area contributed by atoms with Crippen LogP contribution in [0.15, 0.2) is 11.1 Å². The van der Waals surface area contributed by atoms with Crippen molar-refractivity contribution in [3.05, 3.63) is 11.1 Å². The van der Waals surface area contributed by atoms with E-state index in [1.807, 2.05) is 5.57 Å². The Labute approximate surface area is 62.3 Å². The maximum absolute atomic E-state index is 2.45. The minimum atomic E-state index is 1.04. The van der Waals surface area contributed by atoms with E-state index < -0.39 is 0 Å². The van der Waals surface area contributed by atoms with E-state index in [0.717, 1.165) is 23.7 Å². The van der Waals surface area contributed by atoms with Crippen molar-refractivity contribution >= 4 is 0 Å². The molecule has 0 heterocycles. The van der Waals surface area contributed by atoms with Crippen molar-refractivity contribution in [2.75, 3.05) is 0 Å². The van der Waals surface area contributed by atoms with E-state index in [0.29, 0.717) is 0 Å². The summed E-state index contributed by atoms with van der Waals surface area (Å²) in [5, 5.41) is 0. The molecule has 0 spiro atoms. The van der Waals surface area contributed by atoms with Crippen LogP contribution >= 0.6 is 0 Å². The second-order valence-electron chi connectivity index (χ2n) is 4.34. The van der Waals surface area contributed by atoms with E-state index in [-0.39, 0.29) is 0 Å². The van der Waals surface area contributed by atoms with Gasteiger partial charge in [-0.15, -0.1) is 0 Å². The van der Waals surface area contributed by atoms with Crippen LogP contribution in [-0.2, 0) is 0 Å². The molecular weight excluding hydrogens is 120 g/mol. The average molecular weight is 134 g/mol. The molecule has 0 bridgehead atoms. The Hall–Kier alpha value is -0.260. The third kappa shape index (κ3) is 0.492. The summed E-state index contributed by atoms with van der Waals surface area (Å²) in [7, 11) is 0. The molecule has 0 aliphatic heterocycles. The fourth-order valence-electron chi connectivity index (χ4n) is 2.60. The maximum atomic E-state index is 2.45. The van der Waals surface area contributed by atoms with Crippen molar-refractivity contribution in [2.45, 2.75) is 26.7 Å². The lowest BCUT2D eigenvalue weighted by Crippen LogP contribution is -2.04. The van der Waals surface area contributed by atoms with Gasteiger partial charge >= 0.3 is 0 Å². The smallest absolute Gasteiger partial charge is 0.00817 e. The third-order valence-corrected chi connectivity index (χ3v) is 3.71. The van der Waals surface area contributed by atoms with Crippen LogP contribution in [0.1, 0.15) is 26.7 Å². The lowest BCUT2D eigenvalue weighted by atomic mass is 9.94. The Balaban J connectivity index is 1.70. The molecule has 3 aliphatic rings. The average Bonchev–Trinajstić information content (AvgIpc) is 2.67. The van der Waals surface area contributed by atoms with Crippen LogP contribution in [0.3, 0.4) is 0 Å². The molecule has 0 aromatic carbocycles. The normalized spacial score (nSPS) is 45.0. The van der Waals surface area contributed by atoms with Gasteiger partial charge in [-0.05, 0) is 37.5 Å². The van der Waals surface area contributed by atoms with Gasteiger partial charge in [0.15, 0.2) is 0 Å². The number of allylic oxidation sites excluding steroid dienone is 2. The number of hydrogen-bond donors (Lipinski definition) is 0. The van der Waals surface area contributed by atoms with Crippen LogP contribution in [-0.4, -0.2) is 0 Å². The quantitative estimate of drug-likeness (QED) is 0.509. The molecule has 0 nitrogen and oxygen atoms in total. The summed E-state index contributed by atoms with van der Waals surface area (Å²) in [4.78, 5) is 0. The minimum Gasteiger partial charge on any atom is -0.0654 e. The molecule has 0 aromatic heterocycles. The van der Waals surface area contributed by atoms with Crippen LogP contribution in [0.25, 0.3) is 0 Å². The fourth-order valence-corrected chi connectivity index (χ4v) is 2.60. The Kier molecular flexibility index (Phi) is 0.725. The van der Waals surface area contributed by atoms with Crippen LogP contribution in [0.5, 0.6) is 0 Å². The first-order valence-electron chi connectivity index (χ1n) is 4.51. The van der Waals surface area contributed by atoms with Gasteiger partial charge in [0.25, 0.3) is 0 Å². The highest BCUT2D eigenvalue weighted by Gasteiger charge is 2.62. The van der Waals surface area contributed by atoms with E-state index >= 15 is 0 Å². The van der Waals surface area contributed by atoms with E-state index in [1.54, 1.807) is 5.57 Å². The van der Waals surface area contributed by atoms with Crippen molar-refractivity contribution in [2.24, 2.45) is 23.7 Å². The first kappa shape index (κ1) is 5.40. The molecule has 3 aliphatic carbocycles. The lowest BCUT2D eigenvalue weighted by molar-refractivity contribution is 0.428. The van der Waals surface area contributed by atoms with E-state index in [2.05, 4.69) is 13.8 Å². The topological polar surface area (TPSA) is 0 Å². The van der Waals surface area contributed by atoms with Crippen molar-refractivity contribution in [3.63, 3.8) is 0 Å². The van der Waals surface area contributed by atoms with Gasteiger partial charge in [0, 0.05) is 5.92 Å². The van der Waals surface area contributed by atoms with Gasteiger partial charge in [-0.3, -0.25) is 0 Å². The van der Waals surface area contributed by atoms with Crippen molar-refractivity contribution < 1.29 is 0 Å². The van der Waals surface area contributed by atoms with Crippen molar-refractivity contribution in [1.29, 1.82) is 0 Å². The molecule has 3 atom stereocenters. The van der Waals surface area contributed by atoms with Gasteiger partial charge in [-0.2, -0.15) is 0 Å². The standard InChI is InChI=1S/C10H14/c1-5(7-3-4-7)8-9-6(2)10(8)9/h5,7-9H,3-4H2,1-2H3. The molecule has 0 amide bonds. The summed E-state index contributed by atoms with van der Waals surface area (Å²) in [5.41, 5.74) is 3.58. The highest BCUT2D eigenvalue weighted by Crippen LogP contribution is 2.71. The summed E-state index contributed by atoms with van der Waals surface area (Å²) in [5.74, 6) is 4.28. The maximum Gasteiger partial charge on any atom is 0.00817 e. The zero-order valence-corrected chi connectivity index (χ0v) is 6.72. The van der Waals surface area contributed by atoms with Gasteiger partial charge in [-0.1, -0.05) is 18.1 Å². The molecular formula is C10H14. The molecule has 0 N–H and O–H groups in total. The Morgan fingerprint density at radius 3 is 2.40 bits per heavy atom. The zero-order valence-electron chi connectivity index (χ0n) is 6.72. The highest BCUT2D eigenvalue weighted by atomic mass is 14.7. The molecule has 2 fully saturated rings. The second-order valence-corrected chi connectivity index (χ2v) is 4.34. The predicted octanol–water partition coefficient (Wildman–Crippen LogP) is 2.61. The SMILES string of the molecule is CC1=C2C1C2C(C)C1CC1. The van der Waals surface area contributed by atoms with E-state index in [9.17, 15) is 0 Å². The molecule has 3 rings (SSSR count). The van der Waals surface area contributed by atoms with E-state index in [1.165, 1.54) is 12.8 Å². The largest absolute Gasteiger partial charge is 0.0654 e. The van der Waals surface area contributed by atoms with Gasteiger partial charge in [0.2, 0.25) is 0 Å². The summed E-state index contributed by atoms with van der Waals surface area (Å²) < 4.78 is 0. The third-order valence-electron chi connectivity index (χ3n) is 3.71. The van der Waals surface area contributed by atoms with E-state index in [4.69, 9.17) is 0 Å². The molecule has 0 aromatic rings. The Morgan fingerprint density at radius 2 is 2.00 bits per heavy atom. The summed E-state index contributed by atoms with van der Waals surface area (Å²) in [6, 6.07) is 0. The van der Waals surface area contributed by atoms with Crippen molar-refractivity contribution in [1.82, 2.24) is 0 Å². The summed E-state index contributed by atoms with van der Waals surface area (Å²) in [6.45, 7) is 4.75. The molecule has 0 heteroatoms. The van der Waals surface area contributed by atoms with Gasteiger partial charge < -0.3 is 0 Å². The van der Waals surface area contributed by atoms with Crippen LogP contribution in [0.2, 0.25) is 0 Å². The van der Waals surface area contributed by atoms with Gasteiger partial charge in [0.05, 0.1) is 0 Å². The zero-order chi connectivity index (χ0) is 6.88. The number of hydrogen-bond acceptors (Lipinski definition) is 0. The molecule has 0 radical (unpaired) electrons. The first-order chi connectivity index (χ1) is 4.80.